The third-order valence-electron chi connectivity index (χ3n) is 3.89. The number of rotatable bonds is 5. The molecule has 24 heavy (non-hydrogen) atoms. The number of aromatic amines is 1. The molecule has 1 aromatic heterocycles. The van der Waals surface area contributed by atoms with Crippen LogP contribution < -0.4 is 16.1 Å². The van der Waals surface area contributed by atoms with Crippen LogP contribution in [0.25, 0.3) is 0 Å². The smallest absolute Gasteiger partial charge is 0.251 e. The van der Waals surface area contributed by atoms with Gasteiger partial charge in [0.05, 0.1) is 0 Å². The van der Waals surface area contributed by atoms with Gasteiger partial charge in [-0.15, -0.1) is 0 Å². The van der Waals surface area contributed by atoms with Crippen LogP contribution in [0, 0.1) is 20.8 Å². The van der Waals surface area contributed by atoms with Crippen LogP contribution in [0.15, 0.2) is 23.0 Å². The third-order valence-corrected chi connectivity index (χ3v) is 4.11. The topological polar surface area (TPSA) is 74.0 Å². The van der Waals surface area contributed by atoms with Crippen LogP contribution >= 0.6 is 11.6 Å². The van der Waals surface area contributed by atoms with E-state index in [1.807, 2.05) is 27.7 Å². The molecule has 0 bridgehead atoms. The van der Waals surface area contributed by atoms with Crippen LogP contribution in [-0.2, 0) is 6.54 Å². The number of carbonyl (C=O) groups excluding carboxylic acids is 1. The highest BCUT2D eigenvalue weighted by Gasteiger charge is 2.14. The molecule has 3 N–H and O–H groups in total. The molecule has 0 aliphatic heterocycles. The molecule has 0 aliphatic rings. The van der Waals surface area contributed by atoms with Gasteiger partial charge in [-0.3, -0.25) is 9.59 Å². The van der Waals surface area contributed by atoms with Crippen molar-refractivity contribution in [1.82, 2.24) is 10.3 Å². The standard InChI is InChI=1S/C18H22ClN3O2/c1-5-20-16-8-13(19)7-14(11(16)3)18(24)21-9-15-12(4)22-10(2)6-17(15)23/h6-8,20H,5,9H2,1-4H3,(H,21,24)(H,22,23). The first kappa shape index (κ1) is 18.1. The molecule has 6 heteroatoms. The van der Waals surface area contributed by atoms with E-state index >= 15 is 0 Å². The minimum absolute atomic E-state index is 0.0831. The first-order valence-electron chi connectivity index (χ1n) is 7.85. The first-order chi connectivity index (χ1) is 11.3. The number of aryl methyl sites for hydroxylation is 2. The van der Waals surface area contributed by atoms with Gasteiger partial charge >= 0.3 is 0 Å². The Bertz CT molecular complexity index is 828. The van der Waals surface area contributed by atoms with E-state index in [1.54, 1.807) is 12.1 Å². The van der Waals surface area contributed by atoms with Crippen molar-refractivity contribution >= 4 is 23.2 Å². The Hall–Kier alpha value is -2.27. The minimum Gasteiger partial charge on any atom is -0.385 e. The second kappa shape index (κ2) is 7.53. The molecule has 0 radical (unpaired) electrons. The van der Waals surface area contributed by atoms with Crippen LogP contribution in [-0.4, -0.2) is 17.4 Å². The van der Waals surface area contributed by atoms with Gasteiger partial charge < -0.3 is 15.6 Å². The summed E-state index contributed by atoms with van der Waals surface area (Å²) in [6.07, 6.45) is 0. The average molecular weight is 348 g/mol. The van der Waals surface area contributed by atoms with Gasteiger partial charge in [-0.25, -0.2) is 0 Å². The van der Waals surface area contributed by atoms with Crippen molar-refractivity contribution in [3.63, 3.8) is 0 Å². The number of aromatic nitrogens is 1. The molecule has 1 heterocycles. The monoisotopic (exact) mass is 347 g/mol. The maximum absolute atomic E-state index is 12.5. The number of hydrogen-bond donors (Lipinski definition) is 3. The van der Waals surface area contributed by atoms with Crippen LogP contribution in [0.3, 0.4) is 0 Å². The average Bonchev–Trinajstić information content (AvgIpc) is 2.49. The Balaban J connectivity index is 2.24. The van der Waals surface area contributed by atoms with Crippen molar-refractivity contribution < 1.29 is 4.79 Å². The summed E-state index contributed by atoms with van der Waals surface area (Å²) in [5.74, 6) is -0.256. The number of anilines is 1. The summed E-state index contributed by atoms with van der Waals surface area (Å²) < 4.78 is 0. The van der Waals surface area contributed by atoms with Crippen LogP contribution in [0.5, 0.6) is 0 Å². The predicted molar refractivity (Wildman–Crippen MR) is 98.1 cm³/mol. The van der Waals surface area contributed by atoms with Gasteiger partial charge in [-0.05, 0) is 45.4 Å². The minimum atomic E-state index is -0.256. The second-order valence-electron chi connectivity index (χ2n) is 5.76. The zero-order valence-corrected chi connectivity index (χ0v) is 15.1. The molecule has 0 aliphatic carbocycles. The SMILES string of the molecule is CCNc1cc(Cl)cc(C(=O)NCc2c(C)[nH]c(C)cc2=O)c1C. The fourth-order valence-corrected chi connectivity index (χ4v) is 2.87. The number of hydrogen-bond acceptors (Lipinski definition) is 3. The Morgan fingerprint density at radius 3 is 2.54 bits per heavy atom. The Morgan fingerprint density at radius 2 is 1.92 bits per heavy atom. The Labute approximate surface area is 146 Å². The molecule has 0 spiro atoms. The molecule has 0 fully saturated rings. The molecule has 0 saturated heterocycles. The molecule has 0 unspecified atom stereocenters. The van der Waals surface area contributed by atoms with E-state index in [-0.39, 0.29) is 17.9 Å². The maximum Gasteiger partial charge on any atom is 0.251 e. The number of nitrogens with one attached hydrogen (secondary N) is 3. The quantitative estimate of drug-likeness (QED) is 0.776. The number of amides is 1. The Kier molecular flexibility index (Phi) is 5.67. The van der Waals surface area contributed by atoms with Crippen molar-refractivity contribution in [3.8, 4) is 0 Å². The van der Waals surface area contributed by atoms with Gasteiger partial charge in [0.15, 0.2) is 5.43 Å². The summed E-state index contributed by atoms with van der Waals surface area (Å²) in [7, 11) is 0. The molecule has 128 valence electrons. The lowest BCUT2D eigenvalue weighted by atomic mass is 10.1. The first-order valence-corrected chi connectivity index (χ1v) is 8.23. The highest BCUT2D eigenvalue weighted by atomic mass is 35.5. The number of halogens is 1. The summed E-state index contributed by atoms with van der Waals surface area (Å²) >= 11 is 6.11. The predicted octanol–water partition coefficient (Wildman–Crippen LogP) is 3.32. The number of carbonyl (C=O) groups is 1. The van der Waals surface area contributed by atoms with E-state index in [2.05, 4.69) is 15.6 Å². The summed E-state index contributed by atoms with van der Waals surface area (Å²) in [5, 5.41) is 6.49. The molecule has 0 saturated carbocycles. The Morgan fingerprint density at radius 1 is 1.21 bits per heavy atom. The van der Waals surface area contributed by atoms with E-state index in [9.17, 15) is 9.59 Å². The molecular weight excluding hydrogens is 326 g/mol. The summed E-state index contributed by atoms with van der Waals surface area (Å²) in [6, 6.07) is 4.97. The van der Waals surface area contributed by atoms with Gasteiger partial charge in [0.25, 0.3) is 5.91 Å². The van der Waals surface area contributed by atoms with Crippen molar-refractivity contribution in [3.05, 3.63) is 61.5 Å². The van der Waals surface area contributed by atoms with Crippen LogP contribution in [0.1, 0.15) is 39.8 Å². The van der Waals surface area contributed by atoms with Crippen molar-refractivity contribution in [2.24, 2.45) is 0 Å². The summed E-state index contributed by atoms with van der Waals surface area (Å²) in [4.78, 5) is 27.7. The number of benzene rings is 1. The lowest BCUT2D eigenvalue weighted by molar-refractivity contribution is 0.0950. The maximum atomic E-state index is 12.5. The largest absolute Gasteiger partial charge is 0.385 e. The van der Waals surface area contributed by atoms with Crippen molar-refractivity contribution in [2.45, 2.75) is 34.2 Å². The zero-order chi connectivity index (χ0) is 17.9. The lowest BCUT2D eigenvalue weighted by Crippen LogP contribution is -2.28. The molecule has 1 amide bonds. The van der Waals surface area contributed by atoms with Gasteiger partial charge in [0.2, 0.25) is 0 Å². The zero-order valence-electron chi connectivity index (χ0n) is 14.3. The van der Waals surface area contributed by atoms with E-state index < -0.39 is 0 Å². The number of H-pyrrole nitrogens is 1. The molecular formula is C18H22ClN3O2. The van der Waals surface area contributed by atoms with Crippen molar-refractivity contribution in [1.29, 1.82) is 0 Å². The summed E-state index contributed by atoms with van der Waals surface area (Å²) in [6.45, 7) is 8.40. The highest BCUT2D eigenvalue weighted by molar-refractivity contribution is 6.31. The third kappa shape index (κ3) is 3.97. The molecule has 5 nitrogen and oxygen atoms in total. The highest BCUT2D eigenvalue weighted by Crippen LogP contribution is 2.24. The normalized spacial score (nSPS) is 10.5. The fraction of sp³-hybridized carbons (Fsp3) is 0.333. The van der Waals surface area contributed by atoms with Gasteiger partial charge in [-0.2, -0.15) is 0 Å². The van der Waals surface area contributed by atoms with Crippen molar-refractivity contribution in [2.75, 3.05) is 11.9 Å². The van der Waals surface area contributed by atoms with E-state index in [0.717, 1.165) is 29.2 Å². The van der Waals surface area contributed by atoms with Gasteiger partial charge in [-0.1, -0.05) is 11.6 Å². The molecule has 2 rings (SSSR count). The summed E-state index contributed by atoms with van der Waals surface area (Å²) in [5.41, 5.74) is 4.19. The fourth-order valence-electron chi connectivity index (χ4n) is 2.65. The van der Waals surface area contributed by atoms with Gasteiger partial charge in [0.1, 0.15) is 0 Å². The second-order valence-corrected chi connectivity index (χ2v) is 6.20. The molecule has 0 atom stereocenters. The van der Waals surface area contributed by atoms with Crippen LogP contribution in [0.2, 0.25) is 5.02 Å². The van der Waals surface area contributed by atoms with E-state index in [0.29, 0.717) is 16.1 Å². The van der Waals surface area contributed by atoms with E-state index in [1.165, 1.54) is 6.07 Å². The van der Waals surface area contributed by atoms with E-state index in [4.69, 9.17) is 11.6 Å². The van der Waals surface area contributed by atoms with Gasteiger partial charge in [0, 0.05) is 52.4 Å². The molecule has 1 aromatic carbocycles. The lowest BCUT2D eigenvalue weighted by Gasteiger charge is -2.14. The number of pyridine rings is 1. The van der Waals surface area contributed by atoms with Crippen LogP contribution in [0.4, 0.5) is 5.69 Å². The molecule has 2 aromatic rings.